The summed E-state index contributed by atoms with van der Waals surface area (Å²) in [5, 5.41) is -0.342. The Balaban J connectivity index is 2.20. The minimum absolute atomic E-state index is 0.0173. The van der Waals surface area contributed by atoms with E-state index in [-0.39, 0.29) is 21.8 Å². The van der Waals surface area contributed by atoms with Crippen molar-refractivity contribution in [2.45, 2.75) is 58.6 Å². The predicted octanol–water partition coefficient (Wildman–Crippen LogP) is 2.60. The van der Waals surface area contributed by atoms with Crippen LogP contribution in [0.15, 0.2) is 0 Å². The first-order valence-electron chi connectivity index (χ1n) is 6.88. The van der Waals surface area contributed by atoms with Crippen LogP contribution in [0.1, 0.15) is 53.4 Å². The number of fused-ring (bicyclic) bond motifs is 2. The molecule has 104 valence electrons. The Morgan fingerprint density at radius 1 is 1.33 bits per heavy atom. The molecule has 2 fully saturated rings. The van der Waals surface area contributed by atoms with Gasteiger partial charge < -0.3 is 0 Å². The van der Waals surface area contributed by atoms with Gasteiger partial charge in [0.05, 0.1) is 11.0 Å². The molecule has 0 aliphatic heterocycles. The Kier molecular flexibility index (Phi) is 3.16. The predicted molar refractivity (Wildman–Crippen MR) is 72.1 cm³/mol. The van der Waals surface area contributed by atoms with Gasteiger partial charge in [-0.1, -0.05) is 13.8 Å². The van der Waals surface area contributed by atoms with Crippen molar-refractivity contribution in [2.75, 3.05) is 5.75 Å². The van der Waals surface area contributed by atoms with Crippen LogP contribution in [0.4, 0.5) is 0 Å². The van der Waals surface area contributed by atoms with E-state index in [1.54, 1.807) is 13.8 Å². The molecule has 0 amide bonds. The Bertz CT molecular complexity index is 461. The summed E-state index contributed by atoms with van der Waals surface area (Å²) in [6.45, 7) is 7.73. The third-order valence-corrected chi connectivity index (χ3v) is 7.88. The second kappa shape index (κ2) is 4.06. The van der Waals surface area contributed by atoms with E-state index in [4.69, 9.17) is 0 Å². The lowest BCUT2D eigenvalue weighted by atomic mass is 9.67. The zero-order chi connectivity index (χ0) is 13.8. The van der Waals surface area contributed by atoms with Crippen LogP contribution in [0.25, 0.3) is 0 Å². The Morgan fingerprint density at radius 2 is 1.94 bits per heavy atom. The van der Waals surface area contributed by atoms with Crippen LogP contribution < -0.4 is 0 Å². The second-order valence-electron chi connectivity index (χ2n) is 6.83. The molecule has 0 aromatic carbocycles. The molecule has 0 radical (unpaired) electrons. The minimum atomic E-state index is -3.04. The van der Waals surface area contributed by atoms with Gasteiger partial charge in [0, 0.05) is 11.8 Å². The number of sulfone groups is 1. The number of carbonyl (C=O) groups is 1. The first kappa shape index (κ1) is 14.0. The smallest absolute Gasteiger partial charge is 0.152 e. The molecule has 0 aromatic rings. The first-order valence-corrected chi connectivity index (χ1v) is 8.60. The summed E-state index contributed by atoms with van der Waals surface area (Å²) in [6.07, 6.45) is 3.15. The number of hydrogen-bond acceptors (Lipinski definition) is 3. The average Bonchev–Trinajstić information content (AvgIpc) is 2.60. The van der Waals surface area contributed by atoms with Crippen LogP contribution in [0.5, 0.6) is 0 Å². The second-order valence-corrected chi connectivity index (χ2v) is 9.51. The number of Topliss-reactive ketones (excluding diaryl/α,β-unsaturated/α-hetero) is 1. The van der Waals surface area contributed by atoms with E-state index in [1.165, 1.54) is 0 Å². The van der Waals surface area contributed by atoms with Crippen LogP contribution in [0.2, 0.25) is 0 Å². The summed E-state index contributed by atoms with van der Waals surface area (Å²) < 4.78 is 23.9. The Morgan fingerprint density at radius 3 is 2.33 bits per heavy atom. The van der Waals surface area contributed by atoms with Crippen molar-refractivity contribution < 1.29 is 13.2 Å². The van der Waals surface area contributed by atoms with Gasteiger partial charge in [-0.2, -0.15) is 0 Å². The highest BCUT2D eigenvalue weighted by atomic mass is 32.2. The zero-order valence-electron chi connectivity index (χ0n) is 11.8. The van der Waals surface area contributed by atoms with Crippen LogP contribution in [-0.4, -0.2) is 25.2 Å². The Labute approximate surface area is 110 Å². The number of ketones is 1. The molecule has 2 aliphatic rings. The first-order chi connectivity index (χ1) is 8.13. The van der Waals surface area contributed by atoms with Gasteiger partial charge in [-0.3, -0.25) is 4.79 Å². The molecule has 0 saturated heterocycles. The fourth-order valence-corrected chi connectivity index (χ4v) is 5.01. The maximum absolute atomic E-state index is 12.3. The lowest BCUT2D eigenvalue weighted by Crippen LogP contribution is -2.38. The summed E-state index contributed by atoms with van der Waals surface area (Å²) in [6, 6.07) is 0. The van der Waals surface area contributed by atoms with E-state index < -0.39 is 9.84 Å². The third-order valence-electron chi connectivity index (χ3n) is 5.67. The topological polar surface area (TPSA) is 51.2 Å². The molecule has 0 aromatic heterocycles. The van der Waals surface area contributed by atoms with Crippen LogP contribution >= 0.6 is 0 Å². The van der Waals surface area contributed by atoms with E-state index in [9.17, 15) is 13.2 Å². The molecule has 0 N–H and O–H groups in total. The molecule has 0 unspecified atom stereocenters. The highest BCUT2D eigenvalue weighted by molar-refractivity contribution is 7.91. The summed E-state index contributed by atoms with van der Waals surface area (Å²) in [5.41, 5.74) is -0.379. The number of rotatable bonds is 4. The monoisotopic (exact) mass is 272 g/mol. The molecule has 18 heavy (non-hydrogen) atoms. The quantitative estimate of drug-likeness (QED) is 0.790. The van der Waals surface area contributed by atoms with Crippen molar-refractivity contribution in [3.63, 3.8) is 0 Å². The van der Waals surface area contributed by atoms with E-state index in [2.05, 4.69) is 13.8 Å². The van der Waals surface area contributed by atoms with Gasteiger partial charge in [0.2, 0.25) is 0 Å². The van der Waals surface area contributed by atoms with Crippen molar-refractivity contribution in [2.24, 2.45) is 16.7 Å². The largest absolute Gasteiger partial charge is 0.299 e. The van der Waals surface area contributed by atoms with E-state index >= 15 is 0 Å². The maximum Gasteiger partial charge on any atom is 0.152 e. The van der Waals surface area contributed by atoms with Crippen LogP contribution in [-0.2, 0) is 14.6 Å². The lowest BCUT2D eigenvalue weighted by molar-refractivity contribution is -0.129. The molecule has 2 saturated carbocycles. The third kappa shape index (κ3) is 1.75. The fraction of sp³-hybridized carbons (Fsp3) is 0.929. The van der Waals surface area contributed by atoms with E-state index in [1.807, 2.05) is 0 Å². The minimum Gasteiger partial charge on any atom is -0.299 e. The number of hydrogen-bond donors (Lipinski definition) is 0. The standard InChI is InChI=1S/C14H24O3S/c1-10(2)18(16,17)8-7-14-6-5-11(9-12(14)15)13(14,3)4/h10-11H,5-9H2,1-4H3/t11-,14-/m1/s1. The molecule has 4 heteroatoms. The molecule has 0 spiro atoms. The summed E-state index contributed by atoms with van der Waals surface area (Å²) >= 11 is 0. The molecule has 2 atom stereocenters. The normalized spacial score (nSPS) is 34.5. The van der Waals surface area contributed by atoms with Crippen molar-refractivity contribution >= 4 is 15.6 Å². The van der Waals surface area contributed by atoms with Gasteiger partial charge in [-0.15, -0.1) is 0 Å². The van der Waals surface area contributed by atoms with Gasteiger partial charge in [0.1, 0.15) is 5.78 Å². The molecular weight excluding hydrogens is 248 g/mol. The van der Waals surface area contributed by atoms with Crippen molar-refractivity contribution in [3.8, 4) is 0 Å². The molecule has 3 nitrogen and oxygen atoms in total. The van der Waals surface area contributed by atoms with Gasteiger partial charge >= 0.3 is 0 Å². The molecule has 2 aliphatic carbocycles. The van der Waals surface area contributed by atoms with Gasteiger partial charge in [-0.25, -0.2) is 8.42 Å². The summed E-state index contributed by atoms with van der Waals surface area (Å²) in [7, 11) is -3.04. The molecular formula is C14H24O3S. The average molecular weight is 272 g/mol. The van der Waals surface area contributed by atoms with E-state index in [0.717, 1.165) is 12.8 Å². The summed E-state index contributed by atoms with van der Waals surface area (Å²) in [5.74, 6) is 0.932. The Hall–Kier alpha value is -0.380. The van der Waals surface area contributed by atoms with Crippen LogP contribution in [0.3, 0.4) is 0 Å². The highest BCUT2D eigenvalue weighted by Gasteiger charge is 2.63. The lowest BCUT2D eigenvalue weighted by Gasteiger charge is -2.36. The molecule has 0 heterocycles. The van der Waals surface area contributed by atoms with Gasteiger partial charge in [0.25, 0.3) is 0 Å². The molecule has 2 rings (SSSR count). The van der Waals surface area contributed by atoms with Crippen molar-refractivity contribution in [1.82, 2.24) is 0 Å². The maximum atomic E-state index is 12.3. The zero-order valence-corrected chi connectivity index (χ0v) is 12.6. The van der Waals surface area contributed by atoms with Gasteiger partial charge in [0.15, 0.2) is 9.84 Å². The highest BCUT2D eigenvalue weighted by Crippen LogP contribution is 2.65. The van der Waals surface area contributed by atoms with Crippen molar-refractivity contribution in [3.05, 3.63) is 0 Å². The SMILES string of the molecule is CC(C)S(=O)(=O)CC[C@]12CC[C@H](CC1=O)C2(C)C. The van der Waals surface area contributed by atoms with Crippen LogP contribution in [0, 0.1) is 16.7 Å². The van der Waals surface area contributed by atoms with Crippen molar-refractivity contribution in [1.29, 1.82) is 0 Å². The van der Waals surface area contributed by atoms with E-state index in [0.29, 0.717) is 24.5 Å². The number of carbonyl (C=O) groups excluding carboxylic acids is 1. The van der Waals surface area contributed by atoms with Gasteiger partial charge in [-0.05, 0) is 44.4 Å². The molecule has 2 bridgehead atoms. The summed E-state index contributed by atoms with van der Waals surface area (Å²) in [4.78, 5) is 12.3. The fourth-order valence-electron chi connectivity index (χ4n) is 3.91.